The van der Waals surface area contributed by atoms with Crippen LogP contribution in [0.25, 0.3) is 0 Å². The van der Waals surface area contributed by atoms with Gasteiger partial charge in [-0.1, -0.05) is 0 Å². The molecule has 3 amide bonds. The lowest BCUT2D eigenvalue weighted by Crippen LogP contribution is -2.52. The molecule has 0 aromatic carbocycles. The van der Waals surface area contributed by atoms with Crippen LogP contribution in [0.15, 0.2) is 22.8 Å². The fourth-order valence-corrected chi connectivity index (χ4v) is 3.48. The zero-order chi connectivity index (χ0) is 18.4. The standard InChI is InChI=1S/C18H28N4O4/c1-25-10-8-22-13-15(11-17(22)23)12-19-18(24)21-6-4-20(5-7-21)14-16-3-2-9-26-16/h2-3,9,15H,4-8,10-14H2,1H3,(H,19,24)/t15-/m1/s1. The quantitative estimate of drug-likeness (QED) is 0.767. The number of hydrogen-bond donors (Lipinski definition) is 1. The van der Waals surface area contributed by atoms with Crippen molar-refractivity contribution in [3.8, 4) is 0 Å². The molecule has 2 aliphatic rings. The Labute approximate surface area is 154 Å². The van der Waals surface area contributed by atoms with Gasteiger partial charge in [-0.15, -0.1) is 0 Å². The Morgan fingerprint density at radius 3 is 2.85 bits per heavy atom. The number of amides is 3. The van der Waals surface area contributed by atoms with E-state index in [4.69, 9.17) is 9.15 Å². The van der Waals surface area contributed by atoms with Crippen molar-refractivity contribution in [2.24, 2.45) is 5.92 Å². The maximum Gasteiger partial charge on any atom is 0.317 e. The molecule has 3 rings (SSSR count). The summed E-state index contributed by atoms with van der Waals surface area (Å²) in [5.41, 5.74) is 0. The van der Waals surface area contributed by atoms with Crippen LogP contribution < -0.4 is 5.32 Å². The van der Waals surface area contributed by atoms with Gasteiger partial charge in [-0.2, -0.15) is 0 Å². The average Bonchev–Trinajstić information content (AvgIpc) is 3.28. The van der Waals surface area contributed by atoms with Crippen LogP contribution >= 0.6 is 0 Å². The second-order valence-corrected chi connectivity index (χ2v) is 6.93. The molecule has 1 N–H and O–H groups in total. The van der Waals surface area contributed by atoms with Crippen LogP contribution in [0, 0.1) is 5.92 Å². The summed E-state index contributed by atoms with van der Waals surface area (Å²) in [5.74, 6) is 1.28. The van der Waals surface area contributed by atoms with E-state index in [1.165, 1.54) is 0 Å². The highest BCUT2D eigenvalue weighted by atomic mass is 16.5. The monoisotopic (exact) mass is 364 g/mol. The van der Waals surface area contributed by atoms with Gasteiger partial charge in [-0.3, -0.25) is 9.69 Å². The van der Waals surface area contributed by atoms with Crippen LogP contribution in [0.1, 0.15) is 12.2 Å². The van der Waals surface area contributed by atoms with Crippen molar-refractivity contribution in [1.29, 1.82) is 0 Å². The molecule has 3 heterocycles. The molecule has 8 heteroatoms. The number of ether oxygens (including phenoxy) is 1. The Kier molecular flexibility index (Phi) is 6.51. The Bertz CT molecular complexity index is 584. The first-order valence-electron chi connectivity index (χ1n) is 9.20. The predicted octanol–water partition coefficient (Wildman–Crippen LogP) is 0.602. The van der Waals surface area contributed by atoms with Gasteiger partial charge in [0.05, 0.1) is 19.4 Å². The topological polar surface area (TPSA) is 78.3 Å². The summed E-state index contributed by atoms with van der Waals surface area (Å²) in [4.78, 5) is 30.3. The summed E-state index contributed by atoms with van der Waals surface area (Å²) in [6, 6.07) is 3.83. The summed E-state index contributed by atoms with van der Waals surface area (Å²) < 4.78 is 10.4. The highest BCUT2D eigenvalue weighted by molar-refractivity contribution is 5.79. The van der Waals surface area contributed by atoms with Gasteiger partial charge in [0.1, 0.15) is 5.76 Å². The fraction of sp³-hybridized carbons (Fsp3) is 0.667. The predicted molar refractivity (Wildman–Crippen MR) is 95.5 cm³/mol. The molecular formula is C18H28N4O4. The number of carbonyl (C=O) groups is 2. The zero-order valence-electron chi connectivity index (χ0n) is 15.4. The van der Waals surface area contributed by atoms with Crippen molar-refractivity contribution in [2.45, 2.75) is 13.0 Å². The number of urea groups is 1. The maximum atomic E-state index is 12.4. The van der Waals surface area contributed by atoms with E-state index in [9.17, 15) is 9.59 Å². The second kappa shape index (κ2) is 9.05. The molecule has 2 aliphatic heterocycles. The van der Waals surface area contributed by atoms with Crippen molar-refractivity contribution in [3.63, 3.8) is 0 Å². The number of nitrogens with one attached hydrogen (secondary N) is 1. The van der Waals surface area contributed by atoms with Gasteiger partial charge < -0.3 is 24.3 Å². The first kappa shape index (κ1) is 18.7. The summed E-state index contributed by atoms with van der Waals surface area (Å²) in [5, 5.41) is 2.99. The average molecular weight is 364 g/mol. The number of rotatable bonds is 7. The van der Waals surface area contributed by atoms with E-state index in [-0.39, 0.29) is 17.9 Å². The summed E-state index contributed by atoms with van der Waals surface area (Å²) in [7, 11) is 1.63. The Morgan fingerprint density at radius 1 is 1.35 bits per heavy atom. The number of piperazine rings is 1. The molecule has 2 saturated heterocycles. The third kappa shape index (κ3) is 4.98. The molecule has 144 valence electrons. The van der Waals surface area contributed by atoms with Crippen molar-refractivity contribution < 1.29 is 18.7 Å². The van der Waals surface area contributed by atoms with E-state index < -0.39 is 0 Å². The summed E-state index contributed by atoms with van der Waals surface area (Å²) in [6.45, 7) is 6.27. The van der Waals surface area contributed by atoms with E-state index in [0.717, 1.165) is 25.4 Å². The minimum Gasteiger partial charge on any atom is -0.468 e. The molecule has 1 aromatic rings. The minimum absolute atomic E-state index is 0.0366. The molecule has 26 heavy (non-hydrogen) atoms. The van der Waals surface area contributed by atoms with Gasteiger partial charge >= 0.3 is 6.03 Å². The zero-order valence-corrected chi connectivity index (χ0v) is 15.4. The number of likely N-dealkylation sites (tertiary alicyclic amines) is 1. The molecule has 8 nitrogen and oxygen atoms in total. The number of methoxy groups -OCH3 is 1. The highest BCUT2D eigenvalue weighted by Crippen LogP contribution is 2.17. The SMILES string of the molecule is COCCN1C[C@@H](CNC(=O)N2CCN(Cc3ccco3)CC2)CC1=O. The third-order valence-corrected chi connectivity index (χ3v) is 5.02. The molecule has 0 aliphatic carbocycles. The van der Waals surface area contributed by atoms with Gasteiger partial charge in [0.15, 0.2) is 0 Å². The van der Waals surface area contributed by atoms with Crippen LogP contribution in [0.5, 0.6) is 0 Å². The Hall–Kier alpha value is -2.06. The lowest BCUT2D eigenvalue weighted by Gasteiger charge is -2.34. The van der Waals surface area contributed by atoms with Crippen LogP contribution in [0.2, 0.25) is 0 Å². The van der Waals surface area contributed by atoms with E-state index in [0.29, 0.717) is 45.8 Å². The lowest BCUT2D eigenvalue weighted by atomic mass is 10.1. The number of hydrogen-bond acceptors (Lipinski definition) is 5. The van der Waals surface area contributed by atoms with Gasteiger partial charge in [0, 0.05) is 65.3 Å². The molecule has 0 bridgehead atoms. The smallest absolute Gasteiger partial charge is 0.317 e. The van der Waals surface area contributed by atoms with Gasteiger partial charge in [0.2, 0.25) is 5.91 Å². The maximum absolute atomic E-state index is 12.4. The number of carbonyl (C=O) groups excluding carboxylic acids is 2. The van der Waals surface area contributed by atoms with Crippen molar-refractivity contribution in [1.82, 2.24) is 20.0 Å². The third-order valence-electron chi connectivity index (χ3n) is 5.02. The molecule has 1 aromatic heterocycles. The Morgan fingerprint density at radius 2 is 2.15 bits per heavy atom. The van der Waals surface area contributed by atoms with Crippen LogP contribution in [0.3, 0.4) is 0 Å². The van der Waals surface area contributed by atoms with E-state index in [2.05, 4.69) is 10.2 Å². The van der Waals surface area contributed by atoms with E-state index >= 15 is 0 Å². The number of nitrogens with zero attached hydrogens (tertiary/aromatic N) is 3. The molecule has 0 radical (unpaired) electrons. The Balaban J connectivity index is 1.35. The molecular weight excluding hydrogens is 336 g/mol. The van der Waals surface area contributed by atoms with E-state index in [1.807, 2.05) is 21.9 Å². The van der Waals surface area contributed by atoms with Gasteiger partial charge in [-0.25, -0.2) is 4.79 Å². The van der Waals surface area contributed by atoms with Crippen LogP contribution in [0.4, 0.5) is 4.79 Å². The minimum atomic E-state index is -0.0366. The van der Waals surface area contributed by atoms with Crippen molar-refractivity contribution in [3.05, 3.63) is 24.2 Å². The van der Waals surface area contributed by atoms with Gasteiger partial charge in [0.25, 0.3) is 0 Å². The first-order chi connectivity index (χ1) is 12.7. The molecule has 2 fully saturated rings. The molecule has 0 spiro atoms. The molecule has 0 saturated carbocycles. The van der Waals surface area contributed by atoms with Crippen LogP contribution in [-0.4, -0.2) is 86.2 Å². The lowest BCUT2D eigenvalue weighted by molar-refractivity contribution is -0.128. The van der Waals surface area contributed by atoms with Crippen LogP contribution in [-0.2, 0) is 16.1 Å². The normalized spacial score (nSPS) is 21.4. The molecule has 1 atom stereocenters. The summed E-state index contributed by atoms with van der Waals surface area (Å²) >= 11 is 0. The first-order valence-corrected chi connectivity index (χ1v) is 9.20. The van der Waals surface area contributed by atoms with E-state index in [1.54, 1.807) is 13.4 Å². The van der Waals surface area contributed by atoms with Crippen molar-refractivity contribution >= 4 is 11.9 Å². The van der Waals surface area contributed by atoms with Gasteiger partial charge in [-0.05, 0) is 12.1 Å². The summed E-state index contributed by atoms with van der Waals surface area (Å²) in [6.07, 6.45) is 2.18. The fourth-order valence-electron chi connectivity index (χ4n) is 3.48. The highest BCUT2D eigenvalue weighted by Gasteiger charge is 2.30. The largest absolute Gasteiger partial charge is 0.468 e. The number of furan rings is 1. The second-order valence-electron chi connectivity index (χ2n) is 6.93. The van der Waals surface area contributed by atoms with Crippen molar-refractivity contribution in [2.75, 3.05) is 59.5 Å². The molecule has 0 unspecified atom stereocenters.